The molecule has 3 N–H and O–H groups in total. The lowest BCUT2D eigenvalue weighted by Gasteiger charge is -2.21. The molecule has 0 saturated carbocycles. The molecule has 2 unspecified atom stereocenters. The fourth-order valence-electron chi connectivity index (χ4n) is 1.88. The molecule has 19 heavy (non-hydrogen) atoms. The molecule has 1 aromatic rings. The van der Waals surface area contributed by atoms with Crippen molar-refractivity contribution in [3.63, 3.8) is 0 Å². The first-order valence-corrected chi connectivity index (χ1v) is 6.86. The number of hydrogen-bond donors (Lipinski definition) is 2. The second kappa shape index (κ2) is 7.36. The summed E-state index contributed by atoms with van der Waals surface area (Å²) in [4.78, 5) is 11.3. The quantitative estimate of drug-likeness (QED) is 0.809. The minimum atomic E-state index is -0.617. The summed E-state index contributed by atoms with van der Waals surface area (Å²) in [7, 11) is 0. The Labute approximate surface area is 119 Å². The number of primary amides is 1. The summed E-state index contributed by atoms with van der Waals surface area (Å²) in [6, 6.07) is 5.45. The Morgan fingerprint density at radius 3 is 2.68 bits per heavy atom. The molecule has 5 heteroatoms. The van der Waals surface area contributed by atoms with Crippen LogP contribution in [0.1, 0.15) is 38.8 Å². The van der Waals surface area contributed by atoms with E-state index in [2.05, 4.69) is 5.32 Å². The van der Waals surface area contributed by atoms with Crippen molar-refractivity contribution in [2.24, 2.45) is 5.73 Å². The SMILES string of the molecule is CCNC(C)c1cc(Cl)ccc1OC(CC)C(N)=O. The van der Waals surface area contributed by atoms with E-state index in [0.717, 1.165) is 12.1 Å². The zero-order valence-electron chi connectivity index (χ0n) is 11.6. The summed E-state index contributed by atoms with van der Waals surface area (Å²) in [6.45, 7) is 6.74. The molecule has 0 aromatic heterocycles. The van der Waals surface area contributed by atoms with E-state index < -0.39 is 12.0 Å². The van der Waals surface area contributed by atoms with Gasteiger partial charge in [0.15, 0.2) is 6.10 Å². The fourth-order valence-corrected chi connectivity index (χ4v) is 2.06. The van der Waals surface area contributed by atoms with Gasteiger partial charge in [-0.3, -0.25) is 4.79 Å². The highest BCUT2D eigenvalue weighted by Gasteiger charge is 2.18. The number of rotatable bonds is 7. The number of halogens is 1. The molecule has 0 aliphatic heterocycles. The Hall–Kier alpha value is -1.26. The normalized spacial score (nSPS) is 13.9. The zero-order chi connectivity index (χ0) is 14.4. The van der Waals surface area contributed by atoms with E-state index in [1.165, 1.54) is 0 Å². The van der Waals surface area contributed by atoms with Gasteiger partial charge in [-0.05, 0) is 38.1 Å². The molecular formula is C14H21ClN2O2. The summed E-state index contributed by atoms with van der Waals surface area (Å²) < 4.78 is 5.71. The number of nitrogens with two attached hydrogens (primary N) is 1. The first kappa shape index (κ1) is 15.8. The standard InChI is InChI=1S/C14H21ClN2O2/c1-4-12(14(16)18)19-13-7-6-10(15)8-11(13)9(3)17-5-2/h6-9,12,17H,4-5H2,1-3H3,(H2,16,18). The Bertz CT molecular complexity index is 437. The maximum absolute atomic E-state index is 11.3. The second-order valence-corrected chi connectivity index (χ2v) is 4.82. The molecule has 4 nitrogen and oxygen atoms in total. The van der Waals surface area contributed by atoms with Gasteiger partial charge in [-0.15, -0.1) is 0 Å². The number of benzene rings is 1. The van der Waals surface area contributed by atoms with Crippen LogP contribution in [-0.4, -0.2) is 18.6 Å². The summed E-state index contributed by atoms with van der Waals surface area (Å²) in [5.74, 6) is 0.183. The third kappa shape index (κ3) is 4.40. The predicted molar refractivity (Wildman–Crippen MR) is 77.4 cm³/mol. The number of ether oxygens (including phenoxy) is 1. The molecular weight excluding hydrogens is 264 g/mol. The van der Waals surface area contributed by atoms with E-state index in [9.17, 15) is 4.79 Å². The van der Waals surface area contributed by atoms with Gasteiger partial charge in [-0.1, -0.05) is 25.4 Å². The molecule has 0 saturated heterocycles. The molecule has 1 rings (SSSR count). The average Bonchev–Trinajstić information content (AvgIpc) is 2.37. The van der Waals surface area contributed by atoms with Crippen LogP contribution in [0.5, 0.6) is 5.75 Å². The first-order valence-electron chi connectivity index (χ1n) is 6.48. The van der Waals surface area contributed by atoms with Gasteiger partial charge < -0.3 is 15.8 Å². The number of carbonyl (C=O) groups is 1. The van der Waals surface area contributed by atoms with Crippen molar-refractivity contribution < 1.29 is 9.53 Å². The maximum atomic E-state index is 11.3. The molecule has 0 spiro atoms. The Morgan fingerprint density at radius 2 is 2.16 bits per heavy atom. The number of amides is 1. The lowest BCUT2D eigenvalue weighted by molar-refractivity contribution is -0.124. The lowest BCUT2D eigenvalue weighted by Crippen LogP contribution is -2.33. The Morgan fingerprint density at radius 1 is 1.47 bits per heavy atom. The molecule has 0 aliphatic carbocycles. The van der Waals surface area contributed by atoms with Crippen LogP contribution >= 0.6 is 11.6 Å². The van der Waals surface area contributed by atoms with Gasteiger partial charge in [0.05, 0.1) is 0 Å². The largest absolute Gasteiger partial charge is 0.480 e. The van der Waals surface area contributed by atoms with Crippen molar-refractivity contribution in [3.8, 4) is 5.75 Å². The molecule has 1 aromatic carbocycles. The van der Waals surface area contributed by atoms with Crippen molar-refractivity contribution in [3.05, 3.63) is 28.8 Å². The van der Waals surface area contributed by atoms with Crippen LogP contribution in [0.25, 0.3) is 0 Å². The second-order valence-electron chi connectivity index (χ2n) is 4.38. The van der Waals surface area contributed by atoms with Crippen molar-refractivity contribution in [1.82, 2.24) is 5.32 Å². The van der Waals surface area contributed by atoms with Crippen molar-refractivity contribution in [2.75, 3.05) is 6.54 Å². The highest BCUT2D eigenvalue weighted by molar-refractivity contribution is 6.30. The summed E-state index contributed by atoms with van der Waals surface area (Å²) in [5.41, 5.74) is 6.23. The van der Waals surface area contributed by atoms with E-state index in [4.69, 9.17) is 22.1 Å². The molecule has 0 bridgehead atoms. The molecule has 106 valence electrons. The van der Waals surface area contributed by atoms with E-state index >= 15 is 0 Å². The van der Waals surface area contributed by atoms with Gasteiger partial charge in [-0.25, -0.2) is 0 Å². The first-order chi connectivity index (χ1) is 8.99. The van der Waals surface area contributed by atoms with Crippen LogP contribution < -0.4 is 15.8 Å². The van der Waals surface area contributed by atoms with E-state index in [1.807, 2.05) is 26.8 Å². The highest BCUT2D eigenvalue weighted by atomic mass is 35.5. The van der Waals surface area contributed by atoms with E-state index in [-0.39, 0.29) is 6.04 Å². The Kier molecular flexibility index (Phi) is 6.12. The van der Waals surface area contributed by atoms with Crippen LogP contribution in [0.3, 0.4) is 0 Å². The minimum absolute atomic E-state index is 0.0871. The molecule has 0 heterocycles. The topological polar surface area (TPSA) is 64.3 Å². The predicted octanol–water partition coefficient (Wildman–Crippen LogP) is 2.65. The van der Waals surface area contributed by atoms with E-state index in [1.54, 1.807) is 12.1 Å². The van der Waals surface area contributed by atoms with Gasteiger partial charge >= 0.3 is 0 Å². The van der Waals surface area contributed by atoms with Crippen LogP contribution in [0.2, 0.25) is 5.02 Å². The van der Waals surface area contributed by atoms with Crippen molar-refractivity contribution in [2.45, 2.75) is 39.3 Å². The molecule has 0 fully saturated rings. The van der Waals surface area contributed by atoms with Gasteiger partial charge in [0.1, 0.15) is 5.75 Å². The number of hydrogen-bond acceptors (Lipinski definition) is 3. The monoisotopic (exact) mass is 284 g/mol. The number of carbonyl (C=O) groups excluding carboxylic acids is 1. The van der Waals surface area contributed by atoms with Crippen LogP contribution in [0, 0.1) is 0 Å². The molecule has 1 amide bonds. The summed E-state index contributed by atoms with van der Waals surface area (Å²) in [6.07, 6.45) is -0.0822. The molecule has 0 radical (unpaired) electrons. The smallest absolute Gasteiger partial charge is 0.258 e. The molecule has 0 aliphatic rings. The third-order valence-corrected chi connectivity index (χ3v) is 3.14. The van der Waals surface area contributed by atoms with Gasteiger partial charge in [-0.2, -0.15) is 0 Å². The summed E-state index contributed by atoms with van der Waals surface area (Å²) >= 11 is 6.02. The van der Waals surface area contributed by atoms with Crippen molar-refractivity contribution in [1.29, 1.82) is 0 Å². The van der Waals surface area contributed by atoms with E-state index in [0.29, 0.717) is 17.2 Å². The maximum Gasteiger partial charge on any atom is 0.258 e. The van der Waals surface area contributed by atoms with Crippen LogP contribution in [0.4, 0.5) is 0 Å². The third-order valence-electron chi connectivity index (χ3n) is 2.91. The lowest BCUT2D eigenvalue weighted by atomic mass is 10.1. The van der Waals surface area contributed by atoms with Gasteiger partial charge in [0, 0.05) is 16.6 Å². The fraction of sp³-hybridized carbons (Fsp3) is 0.500. The minimum Gasteiger partial charge on any atom is -0.480 e. The van der Waals surface area contributed by atoms with Crippen molar-refractivity contribution >= 4 is 17.5 Å². The zero-order valence-corrected chi connectivity index (χ0v) is 12.3. The Balaban J connectivity index is 3.02. The average molecular weight is 285 g/mol. The summed E-state index contributed by atoms with van der Waals surface area (Å²) in [5, 5.41) is 3.93. The molecule has 2 atom stereocenters. The van der Waals surface area contributed by atoms with Gasteiger partial charge in [0.25, 0.3) is 5.91 Å². The highest BCUT2D eigenvalue weighted by Crippen LogP contribution is 2.29. The number of nitrogens with one attached hydrogen (secondary N) is 1. The van der Waals surface area contributed by atoms with Crippen LogP contribution in [-0.2, 0) is 4.79 Å². The van der Waals surface area contributed by atoms with Gasteiger partial charge in [0.2, 0.25) is 0 Å². The van der Waals surface area contributed by atoms with Crippen LogP contribution in [0.15, 0.2) is 18.2 Å².